The Bertz CT molecular complexity index is 520. The van der Waals surface area contributed by atoms with Gasteiger partial charge in [-0.1, -0.05) is 37.3 Å². The maximum absolute atomic E-state index is 14.8. The van der Waals surface area contributed by atoms with Gasteiger partial charge < -0.3 is 0 Å². The second kappa shape index (κ2) is 5.42. The summed E-state index contributed by atoms with van der Waals surface area (Å²) in [6.45, 7) is 3.26. The van der Waals surface area contributed by atoms with Gasteiger partial charge in [0.2, 0.25) is 0 Å². The molecule has 1 aliphatic heterocycles. The minimum atomic E-state index is -1.16. The topological polar surface area (TPSA) is 27.0 Å². The van der Waals surface area contributed by atoms with Gasteiger partial charge in [-0.15, -0.1) is 0 Å². The van der Waals surface area contributed by atoms with Gasteiger partial charge in [0.05, 0.1) is 6.07 Å². The number of hydrogen-bond acceptors (Lipinski definition) is 2. The molecule has 1 aromatic rings. The Hall–Kier alpha value is -1.40. The molecule has 0 N–H and O–H groups in total. The Morgan fingerprint density at radius 1 is 1.24 bits per heavy atom. The molecular formula is C18H23FN2. The van der Waals surface area contributed by atoms with Crippen LogP contribution in [0.25, 0.3) is 0 Å². The van der Waals surface area contributed by atoms with Crippen molar-refractivity contribution in [1.82, 2.24) is 4.90 Å². The first-order chi connectivity index (χ1) is 10.0. The fraction of sp³-hybridized carbons (Fsp3) is 0.611. The van der Waals surface area contributed by atoms with Crippen molar-refractivity contribution in [2.75, 3.05) is 13.1 Å². The van der Waals surface area contributed by atoms with E-state index in [1.54, 1.807) is 0 Å². The standard InChI is InChI=1S/C18H23FN2/c1-17(11-12-20)9-7-16(8-10-17)21-13-18(19,14-21)15-5-3-2-4-6-15/h2-6,16H,7-11,13-14H2,1H3. The van der Waals surface area contributed by atoms with E-state index >= 15 is 0 Å². The van der Waals surface area contributed by atoms with Crippen molar-refractivity contribution < 1.29 is 4.39 Å². The first-order valence-corrected chi connectivity index (χ1v) is 7.90. The van der Waals surface area contributed by atoms with Crippen LogP contribution >= 0.6 is 0 Å². The number of likely N-dealkylation sites (tertiary alicyclic amines) is 1. The molecule has 2 aliphatic rings. The first kappa shape index (κ1) is 14.5. The van der Waals surface area contributed by atoms with Gasteiger partial charge in [0.1, 0.15) is 0 Å². The average molecular weight is 286 g/mol. The highest BCUT2D eigenvalue weighted by Gasteiger charge is 2.48. The first-order valence-electron chi connectivity index (χ1n) is 7.90. The molecule has 2 nitrogen and oxygen atoms in total. The molecular weight excluding hydrogens is 263 g/mol. The van der Waals surface area contributed by atoms with E-state index in [2.05, 4.69) is 17.9 Å². The highest BCUT2D eigenvalue weighted by Crippen LogP contribution is 2.44. The minimum Gasteiger partial charge on any atom is -0.293 e. The highest BCUT2D eigenvalue weighted by atomic mass is 19.1. The van der Waals surface area contributed by atoms with Crippen molar-refractivity contribution in [2.24, 2.45) is 5.41 Å². The Balaban J connectivity index is 1.55. The van der Waals surface area contributed by atoms with Gasteiger partial charge in [0.25, 0.3) is 0 Å². The number of nitriles is 1. The lowest BCUT2D eigenvalue weighted by Crippen LogP contribution is -2.61. The van der Waals surface area contributed by atoms with Crippen LogP contribution in [0.15, 0.2) is 30.3 Å². The molecule has 0 unspecified atom stereocenters. The Morgan fingerprint density at radius 2 is 1.86 bits per heavy atom. The van der Waals surface area contributed by atoms with Gasteiger partial charge in [0.15, 0.2) is 5.67 Å². The quantitative estimate of drug-likeness (QED) is 0.839. The Morgan fingerprint density at radius 3 is 2.43 bits per heavy atom. The molecule has 3 heteroatoms. The summed E-state index contributed by atoms with van der Waals surface area (Å²) in [5, 5.41) is 8.90. The van der Waals surface area contributed by atoms with E-state index in [0.717, 1.165) is 31.2 Å². The SMILES string of the molecule is CC1(CC#N)CCC(N2CC(F)(c3ccccc3)C2)CC1. The average Bonchev–Trinajstić information content (AvgIpc) is 2.46. The number of rotatable bonds is 3. The summed E-state index contributed by atoms with van der Waals surface area (Å²) < 4.78 is 14.8. The van der Waals surface area contributed by atoms with Crippen LogP contribution in [0.3, 0.4) is 0 Å². The summed E-state index contributed by atoms with van der Waals surface area (Å²) in [5.41, 5.74) is -0.164. The van der Waals surface area contributed by atoms with Crippen LogP contribution < -0.4 is 0 Å². The third-order valence-corrected chi connectivity index (χ3v) is 5.38. The molecule has 0 radical (unpaired) electrons. The number of halogens is 1. The molecule has 112 valence electrons. The summed E-state index contributed by atoms with van der Waals surface area (Å²) in [7, 11) is 0. The second-order valence-corrected chi connectivity index (χ2v) is 7.11. The third kappa shape index (κ3) is 2.82. The van der Waals surface area contributed by atoms with Crippen LogP contribution in [-0.4, -0.2) is 24.0 Å². The highest BCUT2D eigenvalue weighted by molar-refractivity contribution is 5.26. The van der Waals surface area contributed by atoms with E-state index in [1.807, 2.05) is 30.3 Å². The van der Waals surface area contributed by atoms with Crippen LogP contribution in [0.5, 0.6) is 0 Å². The largest absolute Gasteiger partial charge is 0.293 e. The number of benzene rings is 1. The van der Waals surface area contributed by atoms with Crippen molar-refractivity contribution in [2.45, 2.75) is 50.7 Å². The molecule has 0 spiro atoms. The lowest BCUT2D eigenvalue weighted by Gasteiger charge is -2.51. The van der Waals surface area contributed by atoms with Crippen molar-refractivity contribution in [3.8, 4) is 6.07 Å². The van der Waals surface area contributed by atoms with E-state index in [4.69, 9.17) is 5.26 Å². The Kier molecular flexibility index (Phi) is 3.75. The minimum absolute atomic E-state index is 0.183. The fourth-order valence-corrected chi connectivity index (χ4v) is 3.81. The summed E-state index contributed by atoms with van der Waals surface area (Å²) in [6.07, 6.45) is 5.03. The molecule has 1 saturated carbocycles. The van der Waals surface area contributed by atoms with Gasteiger partial charge in [-0.25, -0.2) is 4.39 Å². The van der Waals surface area contributed by atoms with E-state index in [9.17, 15) is 4.39 Å². The van der Waals surface area contributed by atoms with Crippen molar-refractivity contribution in [1.29, 1.82) is 5.26 Å². The molecule has 1 aromatic carbocycles. The molecule has 1 heterocycles. The zero-order valence-corrected chi connectivity index (χ0v) is 12.7. The van der Waals surface area contributed by atoms with E-state index in [-0.39, 0.29) is 5.41 Å². The summed E-state index contributed by atoms with van der Waals surface area (Å²) >= 11 is 0. The van der Waals surface area contributed by atoms with Crippen LogP contribution in [-0.2, 0) is 5.67 Å². The third-order valence-electron chi connectivity index (χ3n) is 5.38. The predicted molar refractivity (Wildman–Crippen MR) is 81.4 cm³/mol. The molecule has 0 bridgehead atoms. The molecule has 1 saturated heterocycles. The molecule has 2 fully saturated rings. The smallest absolute Gasteiger partial charge is 0.161 e. The molecule has 1 aliphatic carbocycles. The summed E-state index contributed by atoms with van der Waals surface area (Å²) in [6, 6.07) is 12.3. The molecule has 21 heavy (non-hydrogen) atoms. The van der Waals surface area contributed by atoms with Crippen LogP contribution in [0.4, 0.5) is 4.39 Å². The van der Waals surface area contributed by atoms with Crippen LogP contribution in [0.1, 0.15) is 44.6 Å². The van der Waals surface area contributed by atoms with Crippen LogP contribution in [0, 0.1) is 16.7 Å². The van der Waals surface area contributed by atoms with Gasteiger partial charge in [-0.3, -0.25) is 4.90 Å². The number of alkyl halides is 1. The van der Waals surface area contributed by atoms with Crippen molar-refractivity contribution >= 4 is 0 Å². The molecule has 0 amide bonds. The van der Waals surface area contributed by atoms with Gasteiger partial charge in [-0.05, 0) is 36.7 Å². The van der Waals surface area contributed by atoms with Crippen molar-refractivity contribution in [3.63, 3.8) is 0 Å². The second-order valence-electron chi connectivity index (χ2n) is 7.11. The van der Waals surface area contributed by atoms with Gasteiger partial charge in [-0.2, -0.15) is 5.26 Å². The van der Waals surface area contributed by atoms with Gasteiger partial charge >= 0.3 is 0 Å². The predicted octanol–water partition coefficient (Wildman–Crippen LogP) is 4.03. The zero-order chi connectivity index (χ0) is 14.9. The normalized spacial score (nSPS) is 32.1. The maximum Gasteiger partial charge on any atom is 0.161 e. The van der Waals surface area contributed by atoms with Crippen LogP contribution in [0.2, 0.25) is 0 Å². The lowest BCUT2D eigenvalue weighted by atomic mass is 9.71. The summed E-state index contributed by atoms with van der Waals surface area (Å²) in [5.74, 6) is 0. The molecule has 0 atom stereocenters. The molecule has 0 aromatic heterocycles. The fourth-order valence-electron chi connectivity index (χ4n) is 3.81. The van der Waals surface area contributed by atoms with E-state index in [1.165, 1.54) is 0 Å². The number of nitrogens with zero attached hydrogens (tertiary/aromatic N) is 2. The molecule has 3 rings (SSSR count). The van der Waals surface area contributed by atoms with Gasteiger partial charge in [0, 0.05) is 25.6 Å². The lowest BCUT2D eigenvalue weighted by molar-refractivity contribution is -0.0760. The maximum atomic E-state index is 14.8. The number of hydrogen-bond donors (Lipinski definition) is 0. The van der Waals surface area contributed by atoms with E-state index < -0.39 is 5.67 Å². The zero-order valence-electron chi connectivity index (χ0n) is 12.7. The van der Waals surface area contributed by atoms with Crippen molar-refractivity contribution in [3.05, 3.63) is 35.9 Å². The van der Waals surface area contributed by atoms with E-state index in [0.29, 0.717) is 25.6 Å². The summed E-state index contributed by atoms with van der Waals surface area (Å²) in [4.78, 5) is 2.29. The monoisotopic (exact) mass is 286 g/mol. The Labute approximate surface area is 126 Å².